The summed E-state index contributed by atoms with van der Waals surface area (Å²) < 4.78 is 4.81. The highest BCUT2D eigenvalue weighted by atomic mass is 35.5. The lowest BCUT2D eigenvalue weighted by molar-refractivity contribution is 0.0937. The Hall–Kier alpha value is -0.970. The van der Waals surface area contributed by atoms with Gasteiger partial charge >= 0.3 is 0 Å². The second kappa shape index (κ2) is 5.94. The van der Waals surface area contributed by atoms with Gasteiger partial charge in [-0.15, -0.1) is 0 Å². The number of anilines is 1. The van der Waals surface area contributed by atoms with Gasteiger partial charge in [-0.2, -0.15) is 0 Å². The van der Waals surface area contributed by atoms with Gasteiger partial charge in [0.2, 0.25) is 0 Å². The summed E-state index contributed by atoms with van der Waals surface area (Å²) >= 11 is 11.6. The van der Waals surface area contributed by atoms with Gasteiger partial charge in [0.15, 0.2) is 0 Å². The predicted octanol–water partition coefficient (Wildman–Crippen LogP) is 1.95. The number of rotatable bonds is 4. The normalized spacial score (nSPS) is 10.2. The molecule has 0 aromatic heterocycles. The van der Waals surface area contributed by atoms with Crippen LogP contribution < -0.4 is 11.1 Å². The molecule has 0 fully saturated rings. The Morgan fingerprint density at radius 2 is 2.19 bits per heavy atom. The van der Waals surface area contributed by atoms with Crippen LogP contribution in [0.4, 0.5) is 5.69 Å². The van der Waals surface area contributed by atoms with Crippen molar-refractivity contribution in [1.29, 1.82) is 0 Å². The first-order chi connectivity index (χ1) is 7.56. The van der Waals surface area contributed by atoms with E-state index in [1.165, 1.54) is 12.1 Å². The fourth-order valence-corrected chi connectivity index (χ4v) is 1.45. The Morgan fingerprint density at radius 1 is 1.50 bits per heavy atom. The average Bonchev–Trinajstić information content (AvgIpc) is 2.25. The van der Waals surface area contributed by atoms with Crippen LogP contribution in [0.1, 0.15) is 10.4 Å². The number of methoxy groups -OCH3 is 1. The topological polar surface area (TPSA) is 64.3 Å². The van der Waals surface area contributed by atoms with Gasteiger partial charge in [0, 0.05) is 19.2 Å². The molecule has 0 aliphatic carbocycles. The Kier molecular flexibility index (Phi) is 4.86. The van der Waals surface area contributed by atoms with Crippen LogP contribution in [-0.4, -0.2) is 26.2 Å². The number of benzene rings is 1. The number of amides is 1. The van der Waals surface area contributed by atoms with Crippen LogP contribution in [0.5, 0.6) is 0 Å². The van der Waals surface area contributed by atoms with Crippen molar-refractivity contribution in [3.8, 4) is 0 Å². The zero-order valence-corrected chi connectivity index (χ0v) is 10.2. The minimum Gasteiger partial charge on any atom is -0.397 e. The molecule has 0 spiro atoms. The summed E-state index contributed by atoms with van der Waals surface area (Å²) in [6.45, 7) is 0.873. The molecule has 1 rings (SSSR count). The van der Waals surface area contributed by atoms with Crippen molar-refractivity contribution in [2.75, 3.05) is 26.0 Å². The minimum absolute atomic E-state index is 0.259. The third kappa shape index (κ3) is 3.27. The van der Waals surface area contributed by atoms with E-state index in [4.69, 9.17) is 33.7 Å². The SMILES string of the molecule is COCCNC(=O)c1cc(N)c(Cl)c(Cl)c1. The molecule has 88 valence electrons. The zero-order chi connectivity index (χ0) is 12.1. The summed E-state index contributed by atoms with van der Waals surface area (Å²) in [4.78, 5) is 11.6. The summed E-state index contributed by atoms with van der Waals surface area (Å²) in [5.74, 6) is -0.262. The maximum absolute atomic E-state index is 11.6. The predicted molar refractivity (Wildman–Crippen MR) is 65.1 cm³/mol. The highest BCUT2D eigenvalue weighted by Gasteiger charge is 2.10. The van der Waals surface area contributed by atoms with E-state index in [1.807, 2.05) is 0 Å². The molecule has 0 saturated carbocycles. The highest BCUT2D eigenvalue weighted by molar-refractivity contribution is 6.43. The van der Waals surface area contributed by atoms with E-state index in [0.29, 0.717) is 18.7 Å². The second-order valence-corrected chi connectivity index (χ2v) is 3.90. The molecule has 0 radical (unpaired) electrons. The molecule has 0 aliphatic rings. The van der Waals surface area contributed by atoms with Gasteiger partial charge in [-0.25, -0.2) is 0 Å². The molecule has 0 unspecified atom stereocenters. The van der Waals surface area contributed by atoms with Crippen molar-refractivity contribution in [3.05, 3.63) is 27.7 Å². The molecule has 0 saturated heterocycles. The van der Waals surface area contributed by atoms with E-state index < -0.39 is 0 Å². The number of nitrogens with two attached hydrogens (primary N) is 1. The maximum Gasteiger partial charge on any atom is 0.251 e. The van der Waals surface area contributed by atoms with Gasteiger partial charge in [0.25, 0.3) is 5.91 Å². The van der Waals surface area contributed by atoms with Crippen LogP contribution in [0.25, 0.3) is 0 Å². The number of halogens is 2. The Balaban J connectivity index is 2.76. The lowest BCUT2D eigenvalue weighted by Gasteiger charge is -2.07. The summed E-state index contributed by atoms with van der Waals surface area (Å²) in [6.07, 6.45) is 0. The van der Waals surface area contributed by atoms with Crippen molar-refractivity contribution in [1.82, 2.24) is 5.32 Å². The number of hydrogen-bond acceptors (Lipinski definition) is 3. The van der Waals surface area contributed by atoms with Crippen molar-refractivity contribution >= 4 is 34.8 Å². The molecule has 1 aromatic rings. The number of nitrogens with one attached hydrogen (secondary N) is 1. The summed E-state index contributed by atoms with van der Waals surface area (Å²) in [5.41, 5.74) is 6.25. The molecule has 3 N–H and O–H groups in total. The molecule has 4 nitrogen and oxygen atoms in total. The van der Waals surface area contributed by atoms with Gasteiger partial charge in [0.05, 0.1) is 22.3 Å². The summed E-state index contributed by atoms with van der Waals surface area (Å²) in [7, 11) is 1.56. The average molecular weight is 263 g/mol. The molecule has 1 aromatic carbocycles. The van der Waals surface area contributed by atoms with Crippen molar-refractivity contribution in [2.24, 2.45) is 0 Å². The molecule has 0 aliphatic heterocycles. The first kappa shape index (κ1) is 13.1. The van der Waals surface area contributed by atoms with Gasteiger partial charge < -0.3 is 15.8 Å². The van der Waals surface area contributed by atoms with Crippen LogP contribution in [0.15, 0.2) is 12.1 Å². The van der Waals surface area contributed by atoms with E-state index in [1.54, 1.807) is 7.11 Å². The third-order valence-electron chi connectivity index (χ3n) is 1.91. The number of nitrogen functional groups attached to an aromatic ring is 1. The van der Waals surface area contributed by atoms with Gasteiger partial charge in [-0.05, 0) is 12.1 Å². The van der Waals surface area contributed by atoms with Crippen LogP contribution in [0.3, 0.4) is 0 Å². The summed E-state index contributed by atoms with van der Waals surface area (Å²) in [6, 6.07) is 2.96. The molecule has 16 heavy (non-hydrogen) atoms. The number of carbonyl (C=O) groups excluding carboxylic acids is 1. The molecular formula is C10H12Cl2N2O2. The maximum atomic E-state index is 11.6. The molecule has 0 atom stereocenters. The van der Waals surface area contributed by atoms with Crippen molar-refractivity contribution in [3.63, 3.8) is 0 Å². The lowest BCUT2D eigenvalue weighted by atomic mass is 10.2. The van der Waals surface area contributed by atoms with Gasteiger partial charge in [0.1, 0.15) is 0 Å². The molecule has 0 heterocycles. The van der Waals surface area contributed by atoms with E-state index in [2.05, 4.69) is 5.32 Å². The Labute approximate surface area is 104 Å². The third-order valence-corrected chi connectivity index (χ3v) is 2.73. The number of hydrogen-bond donors (Lipinski definition) is 2. The van der Waals surface area contributed by atoms with Gasteiger partial charge in [-0.3, -0.25) is 4.79 Å². The first-order valence-corrected chi connectivity index (χ1v) is 5.33. The van der Waals surface area contributed by atoms with Crippen LogP contribution in [0, 0.1) is 0 Å². The smallest absolute Gasteiger partial charge is 0.251 e. The minimum atomic E-state index is -0.262. The monoisotopic (exact) mass is 262 g/mol. The zero-order valence-electron chi connectivity index (χ0n) is 8.72. The van der Waals surface area contributed by atoms with Crippen molar-refractivity contribution in [2.45, 2.75) is 0 Å². The molecule has 6 heteroatoms. The Bertz CT molecular complexity index is 373. The van der Waals surface area contributed by atoms with Crippen LogP contribution in [-0.2, 0) is 4.74 Å². The lowest BCUT2D eigenvalue weighted by Crippen LogP contribution is -2.27. The fourth-order valence-electron chi connectivity index (χ4n) is 1.11. The highest BCUT2D eigenvalue weighted by Crippen LogP contribution is 2.29. The van der Waals surface area contributed by atoms with Crippen LogP contribution in [0.2, 0.25) is 10.0 Å². The fraction of sp³-hybridized carbons (Fsp3) is 0.300. The van der Waals surface area contributed by atoms with E-state index in [9.17, 15) is 4.79 Å². The van der Waals surface area contributed by atoms with E-state index in [0.717, 1.165) is 0 Å². The molecule has 1 amide bonds. The molecule has 0 bridgehead atoms. The van der Waals surface area contributed by atoms with Gasteiger partial charge in [-0.1, -0.05) is 23.2 Å². The first-order valence-electron chi connectivity index (χ1n) is 4.58. The summed E-state index contributed by atoms with van der Waals surface area (Å²) in [5, 5.41) is 3.17. The number of ether oxygens (including phenoxy) is 1. The second-order valence-electron chi connectivity index (χ2n) is 3.11. The largest absolute Gasteiger partial charge is 0.397 e. The molecular weight excluding hydrogens is 251 g/mol. The van der Waals surface area contributed by atoms with Crippen molar-refractivity contribution < 1.29 is 9.53 Å². The van der Waals surface area contributed by atoms with Crippen LogP contribution >= 0.6 is 23.2 Å². The number of carbonyl (C=O) groups is 1. The standard InChI is InChI=1S/C10H12Cl2N2O2/c1-16-3-2-14-10(15)6-4-7(11)9(12)8(13)5-6/h4-5H,2-3,13H2,1H3,(H,14,15). The van der Waals surface area contributed by atoms with E-state index in [-0.39, 0.29) is 21.6 Å². The quantitative estimate of drug-likeness (QED) is 0.644. The Morgan fingerprint density at radius 3 is 2.75 bits per heavy atom. The van der Waals surface area contributed by atoms with E-state index >= 15 is 0 Å².